The van der Waals surface area contributed by atoms with Gasteiger partial charge in [-0.3, -0.25) is 14.4 Å². The van der Waals surface area contributed by atoms with Crippen LogP contribution in [0.2, 0.25) is 0 Å². The Balaban J connectivity index is 1.68. The number of para-hydroxylation sites is 1. The normalized spacial score (nSPS) is 15.9. The van der Waals surface area contributed by atoms with Crippen LogP contribution in [0.25, 0.3) is 0 Å². The summed E-state index contributed by atoms with van der Waals surface area (Å²) in [7, 11) is 0. The van der Waals surface area contributed by atoms with Gasteiger partial charge >= 0.3 is 0 Å². The van der Waals surface area contributed by atoms with Crippen molar-refractivity contribution in [2.24, 2.45) is 0 Å². The van der Waals surface area contributed by atoms with Gasteiger partial charge in [0.05, 0.1) is 12.1 Å². The molecule has 1 unspecified atom stereocenters. The van der Waals surface area contributed by atoms with Gasteiger partial charge in [0.15, 0.2) is 0 Å². The molecule has 1 fully saturated rings. The fourth-order valence-corrected chi connectivity index (χ4v) is 3.78. The molecule has 1 saturated heterocycles. The minimum absolute atomic E-state index is 0.0306. The quantitative estimate of drug-likeness (QED) is 0.588. The second-order valence-electron chi connectivity index (χ2n) is 7.91. The summed E-state index contributed by atoms with van der Waals surface area (Å²) in [5, 5.41) is 0. The predicted octanol–water partition coefficient (Wildman–Crippen LogP) is 4.28. The van der Waals surface area contributed by atoms with E-state index in [-0.39, 0.29) is 30.7 Å². The SMILES string of the molecule is Cc1ccc(CN(C(=O)c2ccc(C)cc2)C2CC(=O)N(c3ccccc3)C2=O)cc1. The first-order chi connectivity index (χ1) is 14.9. The fourth-order valence-electron chi connectivity index (χ4n) is 3.78. The highest BCUT2D eigenvalue weighted by molar-refractivity contribution is 6.23. The summed E-state index contributed by atoms with van der Waals surface area (Å²) in [6.07, 6.45) is -0.0306. The third-order valence-electron chi connectivity index (χ3n) is 5.55. The third kappa shape index (κ3) is 4.26. The summed E-state index contributed by atoms with van der Waals surface area (Å²) in [6, 6.07) is 23.1. The maximum absolute atomic E-state index is 13.5. The second kappa shape index (κ2) is 8.56. The maximum Gasteiger partial charge on any atom is 0.257 e. The molecule has 1 heterocycles. The minimum atomic E-state index is -0.845. The minimum Gasteiger partial charge on any atom is -0.322 e. The van der Waals surface area contributed by atoms with Crippen LogP contribution < -0.4 is 4.90 Å². The van der Waals surface area contributed by atoms with E-state index in [2.05, 4.69) is 0 Å². The van der Waals surface area contributed by atoms with Crippen LogP contribution in [0.3, 0.4) is 0 Å². The first-order valence-electron chi connectivity index (χ1n) is 10.3. The lowest BCUT2D eigenvalue weighted by Crippen LogP contribution is -2.45. The van der Waals surface area contributed by atoms with Gasteiger partial charge in [-0.2, -0.15) is 0 Å². The van der Waals surface area contributed by atoms with Crippen LogP contribution >= 0.6 is 0 Å². The number of nitrogens with zero attached hydrogens (tertiary/aromatic N) is 2. The van der Waals surface area contributed by atoms with Gasteiger partial charge in [0.1, 0.15) is 6.04 Å². The molecule has 3 aromatic rings. The smallest absolute Gasteiger partial charge is 0.257 e. The fraction of sp³-hybridized carbons (Fsp3) is 0.192. The molecular formula is C26H24N2O3. The van der Waals surface area contributed by atoms with Crippen molar-refractivity contribution < 1.29 is 14.4 Å². The lowest BCUT2D eigenvalue weighted by atomic mass is 10.1. The molecular weight excluding hydrogens is 388 g/mol. The van der Waals surface area contributed by atoms with Gasteiger partial charge in [-0.25, -0.2) is 4.90 Å². The van der Waals surface area contributed by atoms with Gasteiger partial charge in [0.25, 0.3) is 11.8 Å². The molecule has 0 radical (unpaired) electrons. The largest absolute Gasteiger partial charge is 0.322 e. The molecule has 1 aliphatic rings. The molecule has 0 bridgehead atoms. The zero-order valence-corrected chi connectivity index (χ0v) is 17.6. The van der Waals surface area contributed by atoms with Crippen molar-refractivity contribution in [3.63, 3.8) is 0 Å². The molecule has 3 aromatic carbocycles. The van der Waals surface area contributed by atoms with Crippen molar-refractivity contribution in [1.29, 1.82) is 0 Å². The van der Waals surface area contributed by atoms with E-state index in [0.717, 1.165) is 16.7 Å². The molecule has 0 aromatic heterocycles. The monoisotopic (exact) mass is 412 g/mol. The van der Waals surface area contributed by atoms with Crippen molar-refractivity contribution in [3.05, 3.63) is 101 Å². The highest BCUT2D eigenvalue weighted by Gasteiger charge is 2.44. The average Bonchev–Trinajstić information content (AvgIpc) is 3.07. The van der Waals surface area contributed by atoms with Crippen LogP contribution in [-0.4, -0.2) is 28.7 Å². The maximum atomic E-state index is 13.5. The molecule has 5 heteroatoms. The number of carbonyl (C=O) groups is 3. The van der Waals surface area contributed by atoms with Crippen molar-refractivity contribution in [3.8, 4) is 0 Å². The Labute approximate surface area is 181 Å². The van der Waals surface area contributed by atoms with E-state index in [1.165, 1.54) is 9.80 Å². The number of carbonyl (C=O) groups excluding carboxylic acids is 3. The van der Waals surface area contributed by atoms with E-state index in [1.807, 2.05) is 56.3 Å². The van der Waals surface area contributed by atoms with Gasteiger partial charge < -0.3 is 4.90 Å². The zero-order chi connectivity index (χ0) is 22.0. The Morgan fingerprint density at radius 2 is 1.45 bits per heavy atom. The number of rotatable bonds is 5. The van der Waals surface area contributed by atoms with Crippen molar-refractivity contribution in [1.82, 2.24) is 4.90 Å². The molecule has 3 amide bonds. The molecule has 0 aliphatic carbocycles. The number of anilines is 1. The molecule has 1 aliphatic heterocycles. The number of benzene rings is 3. The van der Waals surface area contributed by atoms with E-state index in [1.54, 1.807) is 36.4 Å². The Morgan fingerprint density at radius 1 is 0.871 bits per heavy atom. The summed E-state index contributed by atoms with van der Waals surface area (Å²) in [6.45, 7) is 4.20. The van der Waals surface area contributed by atoms with Gasteiger partial charge in [-0.15, -0.1) is 0 Å². The van der Waals surface area contributed by atoms with Crippen LogP contribution in [0, 0.1) is 13.8 Å². The third-order valence-corrected chi connectivity index (χ3v) is 5.55. The summed E-state index contributed by atoms with van der Waals surface area (Å²) in [5.41, 5.74) is 4.09. The molecule has 1 atom stereocenters. The summed E-state index contributed by atoms with van der Waals surface area (Å²) >= 11 is 0. The summed E-state index contributed by atoms with van der Waals surface area (Å²) < 4.78 is 0. The topological polar surface area (TPSA) is 57.7 Å². The Hall–Kier alpha value is -3.73. The number of aryl methyl sites for hydroxylation is 2. The van der Waals surface area contributed by atoms with Gasteiger partial charge in [0.2, 0.25) is 5.91 Å². The number of amides is 3. The first kappa shape index (κ1) is 20.5. The zero-order valence-electron chi connectivity index (χ0n) is 17.6. The molecule has 0 spiro atoms. The van der Waals surface area contributed by atoms with Crippen LogP contribution in [-0.2, 0) is 16.1 Å². The highest BCUT2D eigenvalue weighted by atomic mass is 16.2. The van der Waals surface area contributed by atoms with E-state index in [4.69, 9.17) is 0 Å². The van der Waals surface area contributed by atoms with Gasteiger partial charge in [-0.1, -0.05) is 65.7 Å². The summed E-state index contributed by atoms with van der Waals surface area (Å²) in [5.74, 6) is -0.933. The Morgan fingerprint density at radius 3 is 2.06 bits per heavy atom. The van der Waals surface area contributed by atoms with Crippen molar-refractivity contribution in [2.45, 2.75) is 32.9 Å². The van der Waals surface area contributed by atoms with Crippen molar-refractivity contribution >= 4 is 23.4 Å². The van der Waals surface area contributed by atoms with Gasteiger partial charge in [0, 0.05) is 12.1 Å². The Bertz CT molecular complexity index is 1110. The molecule has 0 N–H and O–H groups in total. The predicted molar refractivity (Wildman–Crippen MR) is 120 cm³/mol. The van der Waals surface area contributed by atoms with Crippen LogP contribution in [0.1, 0.15) is 33.5 Å². The van der Waals surface area contributed by atoms with Gasteiger partial charge in [-0.05, 0) is 43.7 Å². The number of hydrogen-bond donors (Lipinski definition) is 0. The lowest BCUT2D eigenvalue weighted by molar-refractivity contribution is -0.122. The molecule has 5 nitrogen and oxygen atoms in total. The first-order valence-corrected chi connectivity index (χ1v) is 10.3. The van der Waals surface area contributed by atoms with Crippen LogP contribution in [0.5, 0.6) is 0 Å². The number of imide groups is 1. The van der Waals surface area contributed by atoms with E-state index >= 15 is 0 Å². The van der Waals surface area contributed by atoms with E-state index < -0.39 is 6.04 Å². The molecule has 4 rings (SSSR count). The number of hydrogen-bond acceptors (Lipinski definition) is 3. The highest BCUT2D eigenvalue weighted by Crippen LogP contribution is 2.27. The Kier molecular flexibility index (Phi) is 5.67. The van der Waals surface area contributed by atoms with E-state index in [9.17, 15) is 14.4 Å². The van der Waals surface area contributed by atoms with E-state index in [0.29, 0.717) is 11.3 Å². The lowest BCUT2D eigenvalue weighted by Gasteiger charge is -2.28. The average molecular weight is 412 g/mol. The molecule has 0 saturated carbocycles. The van der Waals surface area contributed by atoms with Crippen LogP contribution in [0.15, 0.2) is 78.9 Å². The standard InChI is InChI=1S/C26H24N2O3/c1-18-8-12-20(13-9-18)17-27(25(30)21-14-10-19(2)11-15-21)23-16-24(29)28(26(23)31)22-6-4-3-5-7-22/h3-15,23H,16-17H2,1-2H3. The van der Waals surface area contributed by atoms with Crippen LogP contribution in [0.4, 0.5) is 5.69 Å². The van der Waals surface area contributed by atoms with Crippen molar-refractivity contribution in [2.75, 3.05) is 4.90 Å². The summed E-state index contributed by atoms with van der Waals surface area (Å²) in [4.78, 5) is 42.2. The molecule has 31 heavy (non-hydrogen) atoms. The second-order valence-corrected chi connectivity index (χ2v) is 7.91. The molecule has 156 valence electrons.